The van der Waals surface area contributed by atoms with Gasteiger partial charge < -0.3 is 25.4 Å². The van der Waals surface area contributed by atoms with Gasteiger partial charge in [-0.05, 0) is 50.1 Å². The first-order valence-electron chi connectivity index (χ1n) is 9.15. The third-order valence-corrected chi connectivity index (χ3v) is 5.30. The van der Waals surface area contributed by atoms with Crippen molar-refractivity contribution in [1.82, 2.24) is 15.5 Å². The first-order valence-corrected chi connectivity index (χ1v) is 9.15. The number of hydrogen-bond donors (Lipinski definition) is 3. The molecule has 0 saturated carbocycles. The van der Waals surface area contributed by atoms with Gasteiger partial charge >= 0.3 is 0 Å². The molecule has 3 rings (SSSR count). The summed E-state index contributed by atoms with van der Waals surface area (Å²) in [5.74, 6) is 0.573. The zero-order chi connectivity index (χ0) is 18.6. The Morgan fingerprint density at radius 1 is 1.31 bits per heavy atom. The normalized spacial score (nSPS) is 23.7. The van der Waals surface area contributed by atoms with Crippen molar-refractivity contribution in [2.45, 2.75) is 24.9 Å². The number of ether oxygens (including phenoxy) is 1. The van der Waals surface area contributed by atoms with Gasteiger partial charge in [-0.2, -0.15) is 0 Å². The minimum atomic E-state index is -0.833. The molecule has 2 amide bonds. The number of nitrogens with one attached hydrogen (secondary N) is 2. The first kappa shape index (κ1) is 18.7. The molecule has 7 heteroatoms. The van der Waals surface area contributed by atoms with Crippen LogP contribution in [-0.4, -0.2) is 67.3 Å². The molecule has 142 valence electrons. The van der Waals surface area contributed by atoms with Crippen molar-refractivity contribution < 1.29 is 19.4 Å². The number of carbonyl (C=O) groups is 2. The molecule has 0 radical (unpaired) electrons. The zero-order valence-corrected chi connectivity index (χ0v) is 15.2. The molecule has 0 bridgehead atoms. The first-order chi connectivity index (χ1) is 12.5. The quantitative estimate of drug-likeness (QED) is 0.706. The molecule has 3 N–H and O–H groups in total. The molecule has 7 nitrogen and oxygen atoms in total. The summed E-state index contributed by atoms with van der Waals surface area (Å²) in [6.07, 6.45) is 1.94. The third-order valence-electron chi connectivity index (χ3n) is 5.30. The fourth-order valence-electron chi connectivity index (χ4n) is 3.54. The van der Waals surface area contributed by atoms with Gasteiger partial charge in [0.25, 0.3) is 5.91 Å². The Kier molecular flexibility index (Phi) is 5.78. The number of amides is 2. The summed E-state index contributed by atoms with van der Waals surface area (Å²) < 4.78 is 5.11. The van der Waals surface area contributed by atoms with E-state index in [1.807, 2.05) is 0 Å². The Hall–Kier alpha value is -2.12. The molecule has 0 spiro atoms. The number of aliphatic hydroxyl groups is 1. The maximum Gasteiger partial charge on any atom is 0.253 e. The molecule has 0 aromatic heterocycles. The van der Waals surface area contributed by atoms with Gasteiger partial charge in [-0.1, -0.05) is 0 Å². The molecule has 0 aliphatic carbocycles. The van der Waals surface area contributed by atoms with Gasteiger partial charge in [0, 0.05) is 37.7 Å². The number of hydrogen-bond acceptors (Lipinski definition) is 5. The Labute approximate surface area is 153 Å². The lowest BCUT2D eigenvalue weighted by Crippen LogP contribution is -2.48. The lowest BCUT2D eigenvalue weighted by Gasteiger charge is -2.32. The number of nitrogens with zero attached hydrogens (tertiary/aromatic N) is 1. The van der Waals surface area contributed by atoms with Crippen LogP contribution in [0, 0.1) is 5.92 Å². The van der Waals surface area contributed by atoms with Crippen LogP contribution in [0.5, 0.6) is 5.75 Å². The largest absolute Gasteiger partial charge is 0.497 e. The van der Waals surface area contributed by atoms with Crippen LogP contribution in [0.2, 0.25) is 0 Å². The number of piperidine rings is 1. The monoisotopic (exact) mass is 361 g/mol. The molecular formula is C19H27N3O4. The standard InChI is InChI=1S/C19H27N3O4/c1-26-16-4-2-15(3-5-16)18(24)22-10-6-14(7-11-22)17(23)21-13-19(25)8-9-20-12-19/h2-5,14,20,25H,6-13H2,1H3,(H,21,23). The molecule has 1 aromatic rings. The summed E-state index contributed by atoms with van der Waals surface area (Å²) in [7, 11) is 1.59. The molecule has 2 saturated heterocycles. The SMILES string of the molecule is COc1ccc(C(=O)N2CCC(C(=O)NCC3(O)CCNC3)CC2)cc1. The number of likely N-dealkylation sites (tertiary alicyclic amines) is 1. The van der Waals surface area contributed by atoms with E-state index in [0.29, 0.717) is 44.5 Å². The molecule has 1 aromatic carbocycles. The summed E-state index contributed by atoms with van der Waals surface area (Å²) in [6.45, 7) is 2.70. The van der Waals surface area contributed by atoms with E-state index in [1.54, 1.807) is 36.3 Å². The number of rotatable bonds is 5. The maximum absolute atomic E-state index is 12.6. The Morgan fingerprint density at radius 3 is 2.58 bits per heavy atom. The fourth-order valence-corrected chi connectivity index (χ4v) is 3.54. The molecule has 2 aliphatic heterocycles. The van der Waals surface area contributed by atoms with E-state index in [2.05, 4.69) is 10.6 Å². The van der Waals surface area contributed by atoms with Crippen molar-refractivity contribution in [2.24, 2.45) is 5.92 Å². The van der Waals surface area contributed by atoms with E-state index in [1.165, 1.54) is 0 Å². The maximum atomic E-state index is 12.6. The second-order valence-electron chi connectivity index (χ2n) is 7.16. The lowest BCUT2D eigenvalue weighted by molar-refractivity contribution is -0.127. The highest BCUT2D eigenvalue weighted by Gasteiger charge is 2.33. The Bertz CT molecular complexity index is 633. The van der Waals surface area contributed by atoms with Crippen molar-refractivity contribution in [3.05, 3.63) is 29.8 Å². The second-order valence-corrected chi connectivity index (χ2v) is 7.16. The van der Waals surface area contributed by atoms with Crippen LogP contribution in [-0.2, 0) is 4.79 Å². The minimum absolute atomic E-state index is 0.0159. The van der Waals surface area contributed by atoms with Gasteiger partial charge in [0.1, 0.15) is 5.75 Å². The van der Waals surface area contributed by atoms with E-state index in [4.69, 9.17) is 4.74 Å². The molecule has 1 atom stereocenters. The topological polar surface area (TPSA) is 90.9 Å². The van der Waals surface area contributed by atoms with Crippen molar-refractivity contribution in [2.75, 3.05) is 39.8 Å². The highest BCUT2D eigenvalue weighted by molar-refractivity contribution is 5.94. The number of benzene rings is 1. The van der Waals surface area contributed by atoms with Crippen molar-refractivity contribution >= 4 is 11.8 Å². The van der Waals surface area contributed by atoms with Gasteiger partial charge in [-0.25, -0.2) is 0 Å². The Morgan fingerprint density at radius 2 is 2.00 bits per heavy atom. The average molecular weight is 361 g/mol. The van der Waals surface area contributed by atoms with Crippen molar-refractivity contribution in [3.8, 4) is 5.75 Å². The third kappa shape index (κ3) is 4.34. The number of methoxy groups -OCH3 is 1. The molecule has 2 heterocycles. The van der Waals surface area contributed by atoms with Crippen LogP contribution in [0.1, 0.15) is 29.6 Å². The summed E-state index contributed by atoms with van der Waals surface area (Å²) >= 11 is 0. The lowest BCUT2D eigenvalue weighted by atomic mass is 9.94. The zero-order valence-electron chi connectivity index (χ0n) is 15.2. The van der Waals surface area contributed by atoms with Gasteiger partial charge in [-0.15, -0.1) is 0 Å². The van der Waals surface area contributed by atoms with E-state index in [9.17, 15) is 14.7 Å². The van der Waals surface area contributed by atoms with Crippen LogP contribution in [0.25, 0.3) is 0 Å². The van der Waals surface area contributed by atoms with E-state index < -0.39 is 5.60 Å². The molecule has 1 unspecified atom stereocenters. The molecular weight excluding hydrogens is 334 g/mol. The van der Waals surface area contributed by atoms with Crippen LogP contribution >= 0.6 is 0 Å². The average Bonchev–Trinajstić information content (AvgIpc) is 3.12. The summed E-state index contributed by atoms with van der Waals surface area (Å²) in [5.41, 5.74) is -0.203. The van der Waals surface area contributed by atoms with E-state index in [-0.39, 0.29) is 24.3 Å². The Balaban J connectivity index is 1.47. The van der Waals surface area contributed by atoms with E-state index >= 15 is 0 Å². The molecule has 2 fully saturated rings. The predicted molar refractivity (Wildman–Crippen MR) is 97.1 cm³/mol. The molecule has 2 aliphatic rings. The van der Waals surface area contributed by atoms with Gasteiger partial charge in [-0.3, -0.25) is 9.59 Å². The van der Waals surface area contributed by atoms with Crippen molar-refractivity contribution in [1.29, 1.82) is 0 Å². The van der Waals surface area contributed by atoms with Crippen LogP contribution in [0.4, 0.5) is 0 Å². The fraction of sp³-hybridized carbons (Fsp3) is 0.579. The summed E-state index contributed by atoms with van der Waals surface area (Å²) in [4.78, 5) is 26.7. The van der Waals surface area contributed by atoms with Crippen LogP contribution in [0.3, 0.4) is 0 Å². The van der Waals surface area contributed by atoms with Crippen LogP contribution < -0.4 is 15.4 Å². The molecule has 26 heavy (non-hydrogen) atoms. The van der Waals surface area contributed by atoms with Crippen molar-refractivity contribution in [3.63, 3.8) is 0 Å². The van der Waals surface area contributed by atoms with Gasteiger partial charge in [0.15, 0.2) is 0 Å². The number of carbonyl (C=O) groups excluding carboxylic acids is 2. The predicted octanol–water partition coefficient (Wildman–Crippen LogP) is 0.388. The number of β-amino-alcohol motifs (C(OH)–C–C–N with tert-alkyl or cyclic N) is 1. The van der Waals surface area contributed by atoms with E-state index in [0.717, 1.165) is 12.3 Å². The second kappa shape index (κ2) is 8.05. The highest BCUT2D eigenvalue weighted by Crippen LogP contribution is 2.21. The minimum Gasteiger partial charge on any atom is -0.497 e. The summed E-state index contributed by atoms with van der Waals surface area (Å²) in [6, 6.07) is 7.07. The van der Waals surface area contributed by atoms with Gasteiger partial charge in [0.2, 0.25) is 5.91 Å². The summed E-state index contributed by atoms with van der Waals surface area (Å²) in [5, 5.41) is 16.3. The highest BCUT2D eigenvalue weighted by atomic mass is 16.5. The smallest absolute Gasteiger partial charge is 0.253 e. The van der Waals surface area contributed by atoms with Crippen LogP contribution in [0.15, 0.2) is 24.3 Å². The van der Waals surface area contributed by atoms with Gasteiger partial charge in [0.05, 0.1) is 12.7 Å².